The zero-order valence-corrected chi connectivity index (χ0v) is 24.6. The predicted octanol–water partition coefficient (Wildman–Crippen LogP) is 11.6. The Balaban J connectivity index is 1.07. The second-order valence-electron chi connectivity index (χ2n) is 11.5. The van der Waals surface area contributed by atoms with Gasteiger partial charge in [0.25, 0.3) is 0 Å². The molecule has 0 saturated heterocycles. The van der Waals surface area contributed by atoms with E-state index in [1.165, 1.54) is 48.0 Å². The summed E-state index contributed by atoms with van der Waals surface area (Å²) in [5.74, 6) is 0. The molecule has 210 valence electrons. The molecule has 45 heavy (non-hydrogen) atoms. The molecule has 0 bridgehead atoms. The highest BCUT2D eigenvalue weighted by atomic mass is 32.1. The van der Waals surface area contributed by atoms with Crippen LogP contribution in [-0.4, -0.2) is 9.97 Å². The molecule has 0 N–H and O–H groups in total. The van der Waals surface area contributed by atoms with Crippen molar-refractivity contribution in [2.45, 2.75) is 0 Å². The Morgan fingerprint density at radius 2 is 0.822 bits per heavy atom. The van der Waals surface area contributed by atoms with Gasteiger partial charge in [0, 0.05) is 54.1 Å². The highest BCUT2D eigenvalue weighted by Crippen LogP contribution is 2.40. The van der Waals surface area contributed by atoms with Gasteiger partial charge in [-0.25, -0.2) is 0 Å². The average molecular weight is 595 g/mol. The van der Waals surface area contributed by atoms with Crippen LogP contribution in [0.3, 0.4) is 0 Å². The van der Waals surface area contributed by atoms with E-state index >= 15 is 0 Å². The first kappa shape index (κ1) is 24.6. The minimum atomic E-state index is 0.811. The van der Waals surface area contributed by atoms with E-state index in [0.717, 1.165) is 49.4 Å². The number of aromatic nitrogens is 2. The first-order valence-corrected chi connectivity index (χ1v) is 15.7. The standard InChI is InChI=1S/C40H22N2O2S/c1-2-23(25-4-8-35-31(17-25)29-12-14-41-21-37(29)43-35)16-24(3-1)27-6-10-39-33(19-27)34-20-28(7-11-40(34)45-39)26-5-9-36-32(18-26)30-13-15-42-22-38(30)44-36/h1-22H. The Kier molecular flexibility index (Phi) is 5.12. The molecule has 0 fully saturated rings. The molecular weight excluding hydrogens is 573 g/mol. The highest BCUT2D eigenvalue weighted by molar-refractivity contribution is 7.25. The molecular formula is C40H22N2O2S. The fraction of sp³-hybridized carbons (Fsp3) is 0. The van der Waals surface area contributed by atoms with E-state index in [2.05, 4.69) is 107 Å². The highest BCUT2D eigenvalue weighted by Gasteiger charge is 2.13. The van der Waals surface area contributed by atoms with Crippen molar-refractivity contribution in [3.8, 4) is 33.4 Å². The van der Waals surface area contributed by atoms with E-state index in [4.69, 9.17) is 8.83 Å². The van der Waals surface area contributed by atoms with Gasteiger partial charge in [-0.15, -0.1) is 11.3 Å². The van der Waals surface area contributed by atoms with Gasteiger partial charge in [-0.3, -0.25) is 9.97 Å². The molecule has 0 amide bonds. The summed E-state index contributed by atoms with van der Waals surface area (Å²) in [5.41, 5.74) is 10.5. The molecule has 0 spiro atoms. The van der Waals surface area contributed by atoms with Crippen LogP contribution in [0.2, 0.25) is 0 Å². The number of thiophene rings is 1. The third kappa shape index (κ3) is 3.84. The van der Waals surface area contributed by atoms with Crippen LogP contribution in [0.5, 0.6) is 0 Å². The molecule has 0 unspecified atom stereocenters. The van der Waals surface area contributed by atoms with Crippen LogP contribution >= 0.6 is 11.3 Å². The lowest BCUT2D eigenvalue weighted by Gasteiger charge is -2.07. The maximum atomic E-state index is 6.02. The largest absolute Gasteiger partial charge is 0.454 e. The molecule has 0 atom stereocenters. The average Bonchev–Trinajstić information content (AvgIpc) is 3.78. The van der Waals surface area contributed by atoms with Gasteiger partial charge in [0.15, 0.2) is 11.2 Å². The molecule has 10 rings (SSSR count). The van der Waals surface area contributed by atoms with Gasteiger partial charge in [0.1, 0.15) is 11.2 Å². The Morgan fingerprint density at radius 1 is 0.378 bits per heavy atom. The summed E-state index contributed by atoms with van der Waals surface area (Å²) in [6.45, 7) is 0. The number of hydrogen-bond donors (Lipinski definition) is 0. The van der Waals surface area contributed by atoms with Gasteiger partial charge >= 0.3 is 0 Å². The summed E-state index contributed by atoms with van der Waals surface area (Å²) < 4.78 is 14.6. The van der Waals surface area contributed by atoms with Crippen LogP contribution in [0.15, 0.2) is 143 Å². The lowest BCUT2D eigenvalue weighted by molar-refractivity contribution is 0.666. The third-order valence-corrected chi connectivity index (χ3v) is 10.0. The molecule has 0 saturated carbocycles. The minimum absolute atomic E-state index is 0.811. The zero-order valence-electron chi connectivity index (χ0n) is 23.8. The van der Waals surface area contributed by atoms with E-state index in [1.54, 1.807) is 12.4 Å². The molecule has 0 aliphatic heterocycles. The monoisotopic (exact) mass is 594 g/mol. The molecule has 0 radical (unpaired) electrons. The predicted molar refractivity (Wildman–Crippen MR) is 186 cm³/mol. The number of nitrogens with zero attached hydrogens (tertiary/aromatic N) is 2. The second-order valence-corrected chi connectivity index (χ2v) is 12.6. The summed E-state index contributed by atoms with van der Waals surface area (Å²) in [4.78, 5) is 8.43. The van der Waals surface area contributed by atoms with E-state index in [1.807, 2.05) is 35.9 Å². The summed E-state index contributed by atoms with van der Waals surface area (Å²) in [7, 11) is 0. The van der Waals surface area contributed by atoms with Crippen molar-refractivity contribution in [1.29, 1.82) is 0 Å². The quantitative estimate of drug-likeness (QED) is 0.204. The Labute approximate surface area is 260 Å². The van der Waals surface area contributed by atoms with Crippen molar-refractivity contribution < 1.29 is 8.83 Å². The van der Waals surface area contributed by atoms with Crippen LogP contribution < -0.4 is 0 Å². The normalized spacial score (nSPS) is 12.0. The first-order valence-electron chi connectivity index (χ1n) is 14.9. The Bertz CT molecular complexity index is 2780. The Hall–Kier alpha value is -5.78. The van der Waals surface area contributed by atoms with Crippen LogP contribution in [-0.2, 0) is 0 Å². The summed E-state index contributed by atoms with van der Waals surface area (Å²) in [6, 6.07) is 39.3. The SMILES string of the molecule is c1cc(-c2ccc3oc4cnccc4c3c2)cc(-c2ccc3sc4ccc(-c5ccc6oc7cnccc7c6c5)cc4c3c2)c1. The maximum absolute atomic E-state index is 6.02. The number of fused-ring (bicyclic) bond motifs is 9. The minimum Gasteiger partial charge on any atom is -0.454 e. The Morgan fingerprint density at radius 3 is 1.33 bits per heavy atom. The first-order chi connectivity index (χ1) is 22.2. The molecule has 4 nitrogen and oxygen atoms in total. The summed E-state index contributed by atoms with van der Waals surface area (Å²) in [6.07, 6.45) is 7.19. The topological polar surface area (TPSA) is 52.1 Å². The van der Waals surface area contributed by atoms with E-state index in [-0.39, 0.29) is 0 Å². The van der Waals surface area contributed by atoms with E-state index in [0.29, 0.717) is 0 Å². The summed E-state index contributed by atoms with van der Waals surface area (Å²) >= 11 is 1.84. The number of pyridine rings is 2. The molecule has 5 heteroatoms. The molecule has 5 aromatic carbocycles. The molecule has 5 heterocycles. The van der Waals surface area contributed by atoms with Gasteiger partial charge in [-0.05, 0) is 100 Å². The smallest absolute Gasteiger partial charge is 0.153 e. The van der Waals surface area contributed by atoms with Crippen molar-refractivity contribution in [2.24, 2.45) is 0 Å². The van der Waals surface area contributed by atoms with Gasteiger partial charge in [0.05, 0.1) is 12.4 Å². The van der Waals surface area contributed by atoms with Crippen molar-refractivity contribution in [3.63, 3.8) is 0 Å². The second kappa shape index (κ2) is 9.36. The van der Waals surface area contributed by atoms with E-state index in [9.17, 15) is 0 Å². The van der Waals surface area contributed by atoms with Crippen molar-refractivity contribution in [1.82, 2.24) is 9.97 Å². The fourth-order valence-corrected chi connectivity index (χ4v) is 7.70. The third-order valence-electron chi connectivity index (χ3n) is 8.88. The van der Waals surface area contributed by atoms with Crippen LogP contribution in [0, 0.1) is 0 Å². The van der Waals surface area contributed by atoms with Crippen molar-refractivity contribution in [2.75, 3.05) is 0 Å². The number of furan rings is 2. The number of hydrogen-bond acceptors (Lipinski definition) is 5. The van der Waals surface area contributed by atoms with Crippen molar-refractivity contribution >= 4 is 75.4 Å². The molecule has 0 aliphatic rings. The van der Waals surface area contributed by atoms with Crippen LogP contribution in [0.1, 0.15) is 0 Å². The van der Waals surface area contributed by atoms with Crippen LogP contribution in [0.4, 0.5) is 0 Å². The zero-order chi connectivity index (χ0) is 29.5. The fourth-order valence-electron chi connectivity index (χ4n) is 6.64. The summed E-state index contributed by atoms with van der Waals surface area (Å²) in [5, 5.41) is 6.95. The number of benzene rings is 5. The molecule has 0 aliphatic carbocycles. The van der Waals surface area contributed by atoms with Crippen LogP contribution in [0.25, 0.3) is 97.4 Å². The molecule has 5 aromatic heterocycles. The van der Waals surface area contributed by atoms with Gasteiger partial charge in [0.2, 0.25) is 0 Å². The number of rotatable bonds is 3. The lowest BCUT2D eigenvalue weighted by atomic mass is 9.96. The lowest BCUT2D eigenvalue weighted by Crippen LogP contribution is -1.82. The molecule has 10 aromatic rings. The van der Waals surface area contributed by atoms with Gasteiger partial charge < -0.3 is 8.83 Å². The maximum Gasteiger partial charge on any atom is 0.153 e. The van der Waals surface area contributed by atoms with E-state index < -0.39 is 0 Å². The van der Waals surface area contributed by atoms with Gasteiger partial charge in [-0.2, -0.15) is 0 Å². The van der Waals surface area contributed by atoms with Gasteiger partial charge in [-0.1, -0.05) is 42.5 Å². The van der Waals surface area contributed by atoms with Crippen molar-refractivity contribution in [3.05, 3.63) is 134 Å².